The molecule has 0 aliphatic heterocycles. The number of nitrogens with one attached hydrogen (secondary N) is 1. The molecular formula is C15H17ClN4OS. The van der Waals surface area contributed by atoms with Crippen molar-refractivity contribution in [3.8, 4) is 0 Å². The van der Waals surface area contributed by atoms with Gasteiger partial charge in [-0.15, -0.1) is 10.2 Å². The molecular weight excluding hydrogens is 320 g/mol. The van der Waals surface area contributed by atoms with Crippen LogP contribution in [0.15, 0.2) is 29.4 Å². The van der Waals surface area contributed by atoms with Crippen LogP contribution in [0.25, 0.3) is 0 Å². The average molecular weight is 337 g/mol. The van der Waals surface area contributed by atoms with Gasteiger partial charge in [0.1, 0.15) is 5.82 Å². The number of aromatic nitrogens is 3. The van der Waals surface area contributed by atoms with E-state index in [1.54, 1.807) is 24.3 Å². The SMILES string of the molecule is C[C@@H](Sc1nnc(C2CC2)n1C)C(=O)Nc1ccc(Cl)cc1. The lowest BCUT2D eigenvalue weighted by atomic mass is 10.3. The Hall–Kier alpha value is -1.53. The van der Waals surface area contributed by atoms with E-state index in [-0.39, 0.29) is 11.2 Å². The van der Waals surface area contributed by atoms with E-state index in [2.05, 4.69) is 15.5 Å². The van der Waals surface area contributed by atoms with Crippen LogP contribution < -0.4 is 5.32 Å². The molecule has 3 rings (SSSR count). The largest absolute Gasteiger partial charge is 0.325 e. The van der Waals surface area contributed by atoms with E-state index in [0.29, 0.717) is 10.9 Å². The van der Waals surface area contributed by atoms with Gasteiger partial charge in [-0.05, 0) is 44.0 Å². The summed E-state index contributed by atoms with van der Waals surface area (Å²) < 4.78 is 1.99. The van der Waals surface area contributed by atoms with Gasteiger partial charge in [-0.25, -0.2) is 0 Å². The van der Waals surface area contributed by atoms with Gasteiger partial charge < -0.3 is 9.88 Å². The third-order valence-electron chi connectivity index (χ3n) is 3.57. The van der Waals surface area contributed by atoms with Gasteiger partial charge in [-0.3, -0.25) is 4.79 Å². The van der Waals surface area contributed by atoms with Gasteiger partial charge in [0.2, 0.25) is 5.91 Å². The molecule has 0 bridgehead atoms. The molecule has 0 unspecified atom stereocenters. The normalized spacial score (nSPS) is 15.6. The highest BCUT2D eigenvalue weighted by atomic mass is 35.5. The number of amides is 1. The predicted octanol–water partition coefficient (Wildman–Crippen LogP) is 3.47. The van der Waals surface area contributed by atoms with E-state index in [0.717, 1.165) is 16.7 Å². The zero-order valence-electron chi connectivity index (χ0n) is 12.4. The lowest BCUT2D eigenvalue weighted by Crippen LogP contribution is -2.22. The number of carbonyl (C=O) groups is 1. The second-order valence-electron chi connectivity index (χ2n) is 5.43. The van der Waals surface area contributed by atoms with Crippen LogP contribution in [-0.4, -0.2) is 25.9 Å². The number of carbonyl (C=O) groups excluding carboxylic acids is 1. The third kappa shape index (κ3) is 3.44. The summed E-state index contributed by atoms with van der Waals surface area (Å²) in [5.41, 5.74) is 0.735. The molecule has 1 atom stereocenters. The Morgan fingerprint density at radius 1 is 1.36 bits per heavy atom. The molecule has 1 aliphatic carbocycles. The van der Waals surface area contributed by atoms with Crippen molar-refractivity contribution < 1.29 is 4.79 Å². The van der Waals surface area contributed by atoms with Crippen molar-refractivity contribution in [2.45, 2.75) is 36.1 Å². The van der Waals surface area contributed by atoms with E-state index in [9.17, 15) is 4.79 Å². The Kier molecular flexibility index (Phi) is 4.40. The highest BCUT2D eigenvalue weighted by Crippen LogP contribution is 2.39. The Labute approximate surface area is 138 Å². The number of benzene rings is 1. The van der Waals surface area contributed by atoms with E-state index in [1.165, 1.54) is 24.6 Å². The maximum absolute atomic E-state index is 12.2. The first-order chi connectivity index (χ1) is 10.5. The summed E-state index contributed by atoms with van der Waals surface area (Å²) in [5.74, 6) is 1.50. The molecule has 0 spiro atoms. The Bertz CT molecular complexity index is 681. The zero-order chi connectivity index (χ0) is 15.7. The van der Waals surface area contributed by atoms with Crippen molar-refractivity contribution in [2.75, 3.05) is 5.32 Å². The highest BCUT2D eigenvalue weighted by Gasteiger charge is 2.30. The van der Waals surface area contributed by atoms with Crippen molar-refractivity contribution in [3.05, 3.63) is 35.1 Å². The van der Waals surface area contributed by atoms with Gasteiger partial charge in [0.05, 0.1) is 5.25 Å². The number of hydrogen-bond acceptors (Lipinski definition) is 4. The summed E-state index contributed by atoms with van der Waals surface area (Å²) >= 11 is 7.25. The van der Waals surface area contributed by atoms with Crippen molar-refractivity contribution >= 4 is 35.0 Å². The van der Waals surface area contributed by atoms with Gasteiger partial charge in [-0.2, -0.15) is 0 Å². The van der Waals surface area contributed by atoms with Crippen LogP contribution in [0, 0.1) is 0 Å². The Morgan fingerprint density at radius 2 is 2.05 bits per heavy atom. The van der Waals surface area contributed by atoms with Crippen LogP contribution in [0.3, 0.4) is 0 Å². The number of thioether (sulfide) groups is 1. The van der Waals surface area contributed by atoms with Crippen LogP contribution in [-0.2, 0) is 11.8 Å². The number of halogens is 1. The lowest BCUT2D eigenvalue weighted by molar-refractivity contribution is -0.115. The molecule has 116 valence electrons. The summed E-state index contributed by atoms with van der Waals surface area (Å²) in [5, 5.41) is 12.5. The zero-order valence-corrected chi connectivity index (χ0v) is 14.0. The second kappa shape index (κ2) is 6.30. The Morgan fingerprint density at radius 3 is 2.68 bits per heavy atom. The van der Waals surface area contributed by atoms with Crippen LogP contribution in [0.4, 0.5) is 5.69 Å². The number of rotatable bonds is 5. The molecule has 1 N–H and O–H groups in total. The minimum absolute atomic E-state index is 0.0664. The Balaban J connectivity index is 1.62. The lowest BCUT2D eigenvalue weighted by Gasteiger charge is -2.11. The molecule has 1 aromatic carbocycles. The molecule has 5 nitrogen and oxygen atoms in total. The fraction of sp³-hybridized carbons (Fsp3) is 0.400. The summed E-state index contributed by atoms with van der Waals surface area (Å²) in [7, 11) is 1.96. The van der Waals surface area contributed by atoms with Crippen LogP contribution >= 0.6 is 23.4 Å². The average Bonchev–Trinajstić information content (AvgIpc) is 3.27. The summed E-state index contributed by atoms with van der Waals surface area (Å²) in [6.45, 7) is 1.86. The van der Waals surface area contributed by atoms with Crippen LogP contribution in [0.1, 0.15) is 31.5 Å². The maximum Gasteiger partial charge on any atom is 0.237 e. The predicted molar refractivity (Wildman–Crippen MR) is 88.4 cm³/mol. The third-order valence-corrected chi connectivity index (χ3v) is 4.96. The first-order valence-corrected chi connectivity index (χ1v) is 8.42. The first-order valence-electron chi connectivity index (χ1n) is 7.17. The van der Waals surface area contributed by atoms with E-state index >= 15 is 0 Å². The van der Waals surface area contributed by atoms with Crippen molar-refractivity contribution in [2.24, 2.45) is 7.05 Å². The summed E-state index contributed by atoms with van der Waals surface area (Å²) in [4.78, 5) is 12.2. The molecule has 22 heavy (non-hydrogen) atoms. The topological polar surface area (TPSA) is 59.8 Å². The maximum atomic E-state index is 12.2. The summed E-state index contributed by atoms with van der Waals surface area (Å²) in [6, 6.07) is 7.06. The molecule has 0 radical (unpaired) electrons. The molecule has 1 aliphatic rings. The first kappa shape index (κ1) is 15.4. The van der Waals surface area contributed by atoms with Gasteiger partial charge >= 0.3 is 0 Å². The van der Waals surface area contributed by atoms with Crippen LogP contribution in [0.2, 0.25) is 5.02 Å². The van der Waals surface area contributed by atoms with Gasteiger partial charge in [0.15, 0.2) is 5.16 Å². The minimum Gasteiger partial charge on any atom is -0.325 e. The van der Waals surface area contributed by atoms with Crippen molar-refractivity contribution in [3.63, 3.8) is 0 Å². The fourth-order valence-corrected chi connectivity index (χ4v) is 3.06. The van der Waals surface area contributed by atoms with E-state index in [4.69, 9.17) is 11.6 Å². The van der Waals surface area contributed by atoms with E-state index < -0.39 is 0 Å². The van der Waals surface area contributed by atoms with E-state index in [1.807, 2.05) is 18.5 Å². The van der Waals surface area contributed by atoms with Crippen molar-refractivity contribution in [1.29, 1.82) is 0 Å². The number of nitrogens with zero attached hydrogens (tertiary/aromatic N) is 3. The molecule has 7 heteroatoms. The molecule has 1 saturated carbocycles. The molecule has 1 fully saturated rings. The monoisotopic (exact) mass is 336 g/mol. The summed E-state index contributed by atoms with van der Waals surface area (Å²) in [6.07, 6.45) is 2.37. The molecule has 2 aromatic rings. The molecule has 0 saturated heterocycles. The quantitative estimate of drug-likeness (QED) is 0.849. The van der Waals surface area contributed by atoms with Crippen molar-refractivity contribution in [1.82, 2.24) is 14.8 Å². The molecule has 1 aromatic heterocycles. The van der Waals surface area contributed by atoms with Gasteiger partial charge in [0.25, 0.3) is 0 Å². The standard InChI is InChI=1S/C15H17ClN4OS/c1-9(14(21)17-12-7-5-11(16)6-8-12)22-15-19-18-13(20(15)2)10-3-4-10/h5-10H,3-4H2,1-2H3,(H,17,21)/t9-/m1/s1. The van der Waals surface area contributed by atoms with Gasteiger partial charge in [-0.1, -0.05) is 23.4 Å². The second-order valence-corrected chi connectivity index (χ2v) is 7.17. The highest BCUT2D eigenvalue weighted by molar-refractivity contribution is 8.00. The number of anilines is 1. The smallest absolute Gasteiger partial charge is 0.237 e. The minimum atomic E-state index is -0.259. The van der Waals surface area contributed by atoms with Crippen LogP contribution in [0.5, 0.6) is 0 Å². The fourth-order valence-electron chi connectivity index (χ4n) is 2.11. The number of hydrogen-bond donors (Lipinski definition) is 1. The molecule has 1 amide bonds. The molecule has 1 heterocycles. The van der Waals surface area contributed by atoms with Gasteiger partial charge in [0, 0.05) is 23.7 Å².